The van der Waals surface area contributed by atoms with Gasteiger partial charge in [0.15, 0.2) is 0 Å². The van der Waals surface area contributed by atoms with Gasteiger partial charge in [-0.05, 0) is 30.7 Å². The molecular formula is C14H18ClN3O. The van der Waals surface area contributed by atoms with Crippen LogP contribution in [0.25, 0.3) is 5.69 Å². The second-order valence-electron chi connectivity index (χ2n) is 4.35. The number of hydrogen-bond donors (Lipinski definition) is 1. The fraction of sp³-hybridized carbons (Fsp3) is 0.357. The summed E-state index contributed by atoms with van der Waals surface area (Å²) in [5.74, 6) is 0. The van der Waals surface area contributed by atoms with Crippen molar-refractivity contribution >= 4 is 11.6 Å². The van der Waals surface area contributed by atoms with Crippen LogP contribution in [0.1, 0.15) is 11.3 Å². The molecule has 0 aliphatic rings. The Hall–Kier alpha value is -1.36. The first-order valence-corrected chi connectivity index (χ1v) is 6.59. The van der Waals surface area contributed by atoms with Crippen molar-refractivity contribution in [3.8, 4) is 5.69 Å². The Morgan fingerprint density at radius 2 is 2.21 bits per heavy atom. The van der Waals surface area contributed by atoms with Gasteiger partial charge < -0.3 is 10.1 Å². The molecule has 0 aliphatic carbocycles. The standard InChI is InChI=1S/C14H18ClN3O/c1-11-3-4-12(15)9-14(11)18-7-5-13(17-18)10-16-6-8-19-2/h3-5,7,9,16H,6,8,10H2,1-2H3. The number of rotatable bonds is 6. The van der Waals surface area contributed by atoms with Crippen LogP contribution in [0, 0.1) is 6.92 Å². The molecule has 0 bridgehead atoms. The molecular weight excluding hydrogens is 262 g/mol. The van der Waals surface area contributed by atoms with Crippen molar-refractivity contribution in [3.63, 3.8) is 0 Å². The van der Waals surface area contributed by atoms with Crippen molar-refractivity contribution in [1.29, 1.82) is 0 Å². The van der Waals surface area contributed by atoms with Gasteiger partial charge in [0, 0.05) is 31.4 Å². The van der Waals surface area contributed by atoms with Crippen molar-refractivity contribution in [3.05, 3.63) is 46.7 Å². The SMILES string of the molecule is COCCNCc1ccn(-c2cc(Cl)ccc2C)n1. The highest BCUT2D eigenvalue weighted by Crippen LogP contribution is 2.18. The number of aryl methyl sites for hydroxylation is 1. The summed E-state index contributed by atoms with van der Waals surface area (Å²) in [6, 6.07) is 7.80. The van der Waals surface area contributed by atoms with Gasteiger partial charge in [0.2, 0.25) is 0 Å². The molecule has 0 atom stereocenters. The highest BCUT2D eigenvalue weighted by atomic mass is 35.5. The topological polar surface area (TPSA) is 39.1 Å². The Morgan fingerprint density at radius 1 is 1.37 bits per heavy atom. The Labute approximate surface area is 118 Å². The lowest BCUT2D eigenvalue weighted by molar-refractivity contribution is 0.199. The van der Waals surface area contributed by atoms with Crippen molar-refractivity contribution in [1.82, 2.24) is 15.1 Å². The number of nitrogens with zero attached hydrogens (tertiary/aromatic N) is 2. The van der Waals surface area contributed by atoms with Gasteiger partial charge in [0.25, 0.3) is 0 Å². The molecule has 5 heteroatoms. The largest absolute Gasteiger partial charge is 0.383 e. The van der Waals surface area contributed by atoms with E-state index < -0.39 is 0 Å². The van der Waals surface area contributed by atoms with Gasteiger partial charge in [-0.2, -0.15) is 5.10 Å². The van der Waals surface area contributed by atoms with E-state index in [9.17, 15) is 0 Å². The van der Waals surface area contributed by atoms with Crippen LogP contribution in [0.2, 0.25) is 5.02 Å². The van der Waals surface area contributed by atoms with Crippen LogP contribution < -0.4 is 5.32 Å². The summed E-state index contributed by atoms with van der Waals surface area (Å²) in [6.45, 7) is 4.30. The van der Waals surface area contributed by atoms with Crippen molar-refractivity contribution in [2.24, 2.45) is 0 Å². The van der Waals surface area contributed by atoms with E-state index in [-0.39, 0.29) is 0 Å². The van der Waals surface area contributed by atoms with E-state index in [0.717, 1.165) is 35.1 Å². The number of hydrogen-bond acceptors (Lipinski definition) is 3. The third kappa shape index (κ3) is 3.80. The normalized spacial score (nSPS) is 10.9. The highest BCUT2D eigenvalue weighted by Gasteiger charge is 2.04. The number of nitrogens with one attached hydrogen (secondary N) is 1. The number of halogens is 1. The van der Waals surface area contributed by atoms with Gasteiger partial charge >= 0.3 is 0 Å². The van der Waals surface area contributed by atoms with Crippen LogP contribution in [0.5, 0.6) is 0 Å². The fourth-order valence-corrected chi connectivity index (χ4v) is 1.98. The first-order chi connectivity index (χ1) is 9.20. The van der Waals surface area contributed by atoms with Crippen LogP contribution in [0.4, 0.5) is 0 Å². The zero-order valence-electron chi connectivity index (χ0n) is 11.2. The highest BCUT2D eigenvalue weighted by molar-refractivity contribution is 6.30. The fourth-order valence-electron chi connectivity index (χ4n) is 1.81. The zero-order chi connectivity index (χ0) is 13.7. The third-order valence-corrected chi connectivity index (χ3v) is 3.09. The lowest BCUT2D eigenvalue weighted by Crippen LogP contribution is -2.18. The van der Waals surface area contributed by atoms with Gasteiger partial charge in [-0.3, -0.25) is 0 Å². The molecule has 2 rings (SSSR count). The van der Waals surface area contributed by atoms with Gasteiger partial charge in [0.1, 0.15) is 0 Å². The summed E-state index contributed by atoms with van der Waals surface area (Å²) in [6.07, 6.45) is 1.95. The molecule has 19 heavy (non-hydrogen) atoms. The molecule has 0 spiro atoms. The second-order valence-corrected chi connectivity index (χ2v) is 4.79. The summed E-state index contributed by atoms with van der Waals surface area (Å²) in [7, 11) is 1.69. The second kappa shape index (κ2) is 6.70. The molecule has 1 aromatic carbocycles. The first kappa shape index (κ1) is 14.1. The molecule has 1 heterocycles. The van der Waals surface area contributed by atoms with E-state index in [1.54, 1.807) is 7.11 Å². The summed E-state index contributed by atoms with van der Waals surface area (Å²) in [4.78, 5) is 0. The summed E-state index contributed by atoms with van der Waals surface area (Å²) < 4.78 is 6.84. The smallest absolute Gasteiger partial charge is 0.0766 e. The van der Waals surface area contributed by atoms with Crippen molar-refractivity contribution in [2.75, 3.05) is 20.3 Å². The average molecular weight is 280 g/mol. The predicted molar refractivity (Wildman–Crippen MR) is 76.9 cm³/mol. The molecule has 0 radical (unpaired) electrons. The molecule has 0 unspecified atom stereocenters. The van der Waals surface area contributed by atoms with E-state index in [1.165, 1.54) is 0 Å². The van der Waals surface area contributed by atoms with Crippen LogP contribution in [0.3, 0.4) is 0 Å². The molecule has 1 N–H and O–H groups in total. The minimum atomic E-state index is 0.702. The quantitative estimate of drug-likeness (QED) is 0.826. The maximum atomic E-state index is 6.02. The predicted octanol–water partition coefficient (Wildman–Crippen LogP) is 2.57. The maximum absolute atomic E-state index is 6.02. The van der Waals surface area contributed by atoms with Gasteiger partial charge in [-0.15, -0.1) is 0 Å². The minimum Gasteiger partial charge on any atom is -0.383 e. The summed E-state index contributed by atoms with van der Waals surface area (Å²) >= 11 is 6.02. The molecule has 2 aromatic rings. The van der Waals surface area contributed by atoms with Crippen LogP contribution in [0.15, 0.2) is 30.5 Å². The molecule has 0 saturated carbocycles. The number of methoxy groups -OCH3 is 1. The number of aromatic nitrogens is 2. The lowest BCUT2D eigenvalue weighted by Gasteiger charge is -2.06. The van der Waals surface area contributed by atoms with E-state index in [1.807, 2.05) is 42.1 Å². The van der Waals surface area contributed by atoms with E-state index in [2.05, 4.69) is 10.4 Å². The minimum absolute atomic E-state index is 0.702. The third-order valence-electron chi connectivity index (χ3n) is 2.85. The Morgan fingerprint density at radius 3 is 3.00 bits per heavy atom. The van der Waals surface area contributed by atoms with E-state index >= 15 is 0 Å². The van der Waals surface area contributed by atoms with Gasteiger partial charge in [-0.1, -0.05) is 17.7 Å². The number of ether oxygens (including phenoxy) is 1. The summed E-state index contributed by atoms with van der Waals surface area (Å²) in [5, 5.41) is 8.52. The monoisotopic (exact) mass is 279 g/mol. The van der Waals surface area contributed by atoms with Crippen LogP contribution in [-0.2, 0) is 11.3 Å². The Kier molecular flexibility index (Phi) is 4.96. The molecule has 0 aliphatic heterocycles. The molecule has 0 amide bonds. The Bertz CT molecular complexity index is 539. The zero-order valence-corrected chi connectivity index (χ0v) is 11.9. The van der Waals surface area contributed by atoms with E-state index in [4.69, 9.17) is 16.3 Å². The molecule has 0 saturated heterocycles. The van der Waals surface area contributed by atoms with E-state index in [0.29, 0.717) is 6.61 Å². The Balaban J connectivity index is 2.06. The first-order valence-electron chi connectivity index (χ1n) is 6.21. The van der Waals surface area contributed by atoms with Crippen molar-refractivity contribution < 1.29 is 4.74 Å². The van der Waals surface area contributed by atoms with Gasteiger partial charge in [0.05, 0.1) is 18.0 Å². The van der Waals surface area contributed by atoms with Crippen LogP contribution >= 0.6 is 11.6 Å². The lowest BCUT2D eigenvalue weighted by atomic mass is 10.2. The molecule has 0 fully saturated rings. The summed E-state index contributed by atoms with van der Waals surface area (Å²) in [5.41, 5.74) is 3.15. The van der Waals surface area contributed by atoms with Crippen molar-refractivity contribution in [2.45, 2.75) is 13.5 Å². The molecule has 1 aromatic heterocycles. The number of benzene rings is 1. The molecule has 102 valence electrons. The maximum Gasteiger partial charge on any atom is 0.0766 e. The average Bonchev–Trinajstić information content (AvgIpc) is 2.86. The van der Waals surface area contributed by atoms with Crippen LogP contribution in [-0.4, -0.2) is 30.0 Å². The van der Waals surface area contributed by atoms with Gasteiger partial charge in [-0.25, -0.2) is 4.68 Å². The molecule has 4 nitrogen and oxygen atoms in total.